The Labute approximate surface area is 127 Å². The van der Waals surface area contributed by atoms with Crippen LogP contribution in [0.3, 0.4) is 0 Å². The van der Waals surface area contributed by atoms with Crippen molar-refractivity contribution in [1.82, 2.24) is 0 Å². The van der Waals surface area contributed by atoms with Crippen LogP contribution in [0, 0.1) is 29.1 Å². The third kappa shape index (κ3) is 3.75. The molecule has 0 unspecified atom stereocenters. The number of hydrogen-bond acceptors (Lipinski definition) is 4. The average Bonchev–Trinajstić information content (AvgIpc) is 2.51. The maximum absolute atomic E-state index is 13.6. The first-order valence-corrected chi connectivity index (χ1v) is 7.23. The summed E-state index contributed by atoms with van der Waals surface area (Å²) in [6.45, 7) is 3.11. The highest BCUT2D eigenvalue weighted by Crippen LogP contribution is 2.28. The maximum atomic E-state index is 13.6. The second-order valence-electron chi connectivity index (χ2n) is 4.05. The van der Waals surface area contributed by atoms with E-state index in [1.807, 2.05) is 0 Å². The fourth-order valence-corrected chi connectivity index (χ4v) is 2.11. The van der Waals surface area contributed by atoms with Gasteiger partial charge in [-0.05, 0) is 13.8 Å². The number of nitrogens with one attached hydrogen (secondary N) is 1. The van der Waals surface area contributed by atoms with E-state index in [0.29, 0.717) is 0 Å². The summed E-state index contributed by atoms with van der Waals surface area (Å²) in [6.07, 6.45) is 0. The number of halogens is 5. The Morgan fingerprint density at radius 2 is 1.27 bits per heavy atom. The van der Waals surface area contributed by atoms with Crippen molar-refractivity contribution in [2.45, 2.75) is 19.8 Å². The first kappa shape index (κ1) is 18.8. The molecule has 0 saturated heterocycles. The van der Waals surface area contributed by atoms with Crippen molar-refractivity contribution in [2.24, 2.45) is 0 Å². The highest BCUT2D eigenvalue weighted by molar-refractivity contribution is 5.98. The zero-order valence-corrected chi connectivity index (χ0v) is 14.2. The van der Waals surface area contributed by atoms with Crippen LogP contribution in [-0.4, -0.2) is 36.2 Å². The van der Waals surface area contributed by atoms with E-state index in [9.17, 15) is 22.0 Å². The average molecular weight is 345 g/mol. The molecule has 1 N–H and O–H groups in total. The zero-order valence-electron chi connectivity index (χ0n) is 12.2. The molecule has 0 bridgehead atoms. The van der Waals surface area contributed by atoms with Crippen LogP contribution in [0.2, 0.25) is 0 Å². The smallest absolute Gasteiger partial charge is 0.291 e. The van der Waals surface area contributed by atoms with E-state index in [0.717, 1.165) is 0 Å². The summed E-state index contributed by atoms with van der Waals surface area (Å²) in [4.78, 5) is 0. The Morgan fingerprint density at radius 1 is 0.864 bits per heavy atom. The molecule has 0 aromatic heterocycles. The van der Waals surface area contributed by atoms with Gasteiger partial charge < -0.3 is 19.2 Å². The van der Waals surface area contributed by atoms with Crippen LogP contribution < -0.4 is 5.32 Å². The van der Waals surface area contributed by atoms with Gasteiger partial charge in [-0.3, -0.25) is 0 Å². The summed E-state index contributed by atoms with van der Waals surface area (Å²) >= 11 is 0. The van der Waals surface area contributed by atoms with Crippen molar-refractivity contribution in [3.05, 3.63) is 29.1 Å². The minimum Gasteiger partial charge on any atom is -0.379 e. The van der Waals surface area contributed by atoms with Gasteiger partial charge in [-0.15, -0.1) is 0 Å². The summed E-state index contributed by atoms with van der Waals surface area (Å²) in [7, 11) is 0.157. The summed E-state index contributed by atoms with van der Waals surface area (Å²) in [6, 6.07) is 0. The van der Waals surface area contributed by atoms with Gasteiger partial charge in [0, 0.05) is 13.2 Å². The van der Waals surface area contributed by atoms with Crippen molar-refractivity contribution in [3.63, 3.8) is 0 Å². The first-order chi connectivity index (χ1) is 10.3. The third-order valence-corrected chi connectivity index (χ3v) is 3.35. The van der Waals surface area contributed by atoms with Crippen LogP contribution in [0.15, 0.2) is 0 Å². The number of benzene rings is 1. The molecule has 0 saturated carbocycles. The second kappa shape index (κ2) is 7.86. The van der Waals surface area contributed by atoms with Crippen LogP contribution in [0.4, 0.5) is 27.6 Å². The van der Waals surface area contributed by atoms with Crippen molar-refractivity contribution in [2.75, 3.05) is 25.1 Å². The van der Waals surface area contributed by atoms with E-state index in [-0.39, 0.29) is 23.7 Å². The Bertz CT molecular complexity index is 497. The lowest BCUT2D eigenvalue weighted by molar-refractivity contribution is -0.331. The molecule has 4 nitrogen and oxygen atoms in total. The summed E-state index contributed by atoms with van der Waals surface area (Å²) in [5.74, 6) is -11.9. The van der Waals surface area contributed by atoms with Gasteiger partial charge in [0.25, 0.3) is 5.97 Å². The summed E-state index contributed by atoms with van der Waals surface area (Å²) in [5.41, 5.74) is -1.17. The largest absolute Gasteiger partial charge is 0.379 e. The van der Waals surface area contributed by atoms with E-state index in [1.165, 1.54) is 0 Å². The van der Waals surface area contributed by atoms with Gasteiger partial charge in [0.2, 0.25) is 5.82 Å². The van der Waals surface area contributed by atoms with Gasteiger partial charge in [0.15, 0.2) is 33.8 Å². The molecule has 0 atom stereocenters. The van der Waals surface area contributed by atoms with Gasteiger partial charge in [0.1, 0.15) is 5.69 Å². The molecule has 0 spiro atoms. The van der Waals surface area contributed by atoms with E-state index in [1.54, 1.807) is 13.8 Å². The lowest BCUT2D eigenvalue weighted by Gasteiger charge is -2.32. The van der Waals surface area contributed by atoms with Crippen LogP contribution >= 0.6 is 0 Å². The standard InChI is InChI=1S/C12H16F5NO3Si/c1-3-19-12(21-22,20-4-2)5-18-11-9(16)7(14)6(13)8(15)10(11)17/h18H,3-5H2,1-2,22H3. The molecule has 22 heavy (non-hydrogen) atoms. The topological polar surface area (TPSA) is 39.7 Å². The van der Waals surface area contributed by atoms with Crippen LogP contribution in [0.1, 0.15) is 13.8 Å². The fourth-order valence-electron chi connectivity index (χ4n) is 1.73. The normalized spacial score (nSPS) is 12.0. The molecule has 1 aromatic carbocycles. The molecule has 0 amide bonds. The lowest BCUT2D eigenvalue weighted by Crippen LogP contribution is -2.45. The number of rotatable bonds is 8. The predicted octanol–water partition coefficient (Wildman–Crippen LogP) is 1.82. The molecule has 0 aliphatic rings. The minimum atomic E-state index is -2.22. The molecule has 0 fully saturated rings. The van der Waals surface area contributed by atoms with Gasteiger partial charge >= 0.3 is 0 Å². The molecule has 0 heterocycles. The van der Waals surface area contributed by atoms with Gasteiger partial charge in [-0.25, -0.2) is 22.0 Å². The Morgan fingerprint density at radius 3 is 1.64 bits per heavy atom. The molecule has 126 valence electrons. The lowest BCUT2D eigenvalue weighted by atomic mass is 10.2. The maximum Gasteiger partial charge on any atom is 0.291 e. The molecule has 0 aliphatic carbocycles. The van der Waals surface area contributed by atoms with Crippen molar-refractivity contribution in [3.8, 4) is 0 Å². The SMILES string of the molecule is CCOC(CNc1c(F)c(F)c(F)c(F)c1F)(O[SiH3])OCC. The van der Waals surface area contributed by atoms with E-state index >= 15 is 0 Å². The Balaban J connectivity index is 3.09. The highest BCUT2D eigenvalue weighted by atomic mass is 28.2. The van der Waals surface area contributed by atoms with E-state index in [4.69, 9.17) is 13.9 Å². The fraction of sp³-hybridized carbons (Fsp3) is 0.500. The van der Waals surface area contributed by atoms with Gasteiger partial charge in [-0.2, -0.15) is 0 Å². The first-order valence-electron chi connectivity index (χ1n) is 6.41. The number of ether oxygens (including phenoxy) is 2. The quantitative estimate of drug-likeness (QED) is 0.257. The van der Waals surface area contributed by atoms with E-state index < -0.39 is 47.3 Å². The number of hydrogen-bond donors (Lipinski definition) is 1. The summed E-state index contributed by atoms with van der Waals surface area (Å²) in [5, 5.41) is 2.10. The summed E-state index contributed by atoms with van der Waals surface area (Å²) < 4.78 is 81.9. The van der Waals surface area contributed by atoms with Crippen molar-refractivity contribution >= 4 is 16.2 Å². The zero-order chi connectivity index (χ0) is 16.9. The van der Waals surface area contributed by atoms with Crippen LogP contribution in [0.25, 0.3) is 0 Å². The Kier molecular flexibility index (Phi) is 6.72. The molecule has 1 aromatic rings. The van der Waals surface area contributed by atoms with E-state index in [2.05, 4.69) is 5.32 Å². The molecule has 10 heteroatoms. The molecule has 0 radical (unpaired) electrons. The van der Waals surface area contributed by atoms with Gasteiger partial charge in [0.05, 0.1) is 6.54 Å². The second-order valence-corrected chi connectivity index (χ2v) is 4.46. The molecular formula is C12H16F5NO3Si. The van der Waals surface area contributed by atoms with Crippen LogP contribution in [-0.2, 0) is 13.9 Å². The molecule has 1 rings (SSSR count). The van der Waals surface area contributed by atoms with Crippen molar-refractivity contribution in [1.29, 1.82) is 0 Å². The van der Waals surface area contributed by atoms with Crippen molar-refractivity contribution < 1.29 is 35.9 Å². The minimum absolute atomic E-state index is 0.154. The monoisotopic (exact) mass is 345 g/mol. The molecule has 0 aliphatic heterocycles. The molecular weight excluding hydrogens is 329 g/mol. The third-order valence-electron chi connectivity index (χ3n) is 2.73. The van der Waals surface area contributed by atoms with Gasteiger partial charge in [-0.1, -0.05) is 0 Å². The van der Waals surface area contributed by atoms with Crippen LogP contribution in [0.5, 0.6) is 0 Å². The Hall–Kier alpha value is -1.23. The predicted molar refractivity (Wildman–Crippen MR) is 71.7 cm³/mol. The highest BCUT2D eigenvalue weighted by Gasteiger charge is 2.33. The number of anilines is 1.